The van der Waals surface area contributed by atoms with Gasteiger partial charge in [-0.15, -0.1) is 0 Å². The number of imidazole rings is 1. The van der Waals surface area contributed by atoms with Gasteiger partial charge in [0.25, 0.3) is 5.56 Å². The molecular weight excluding hydrogens is 421 g/mol. The molecule has 0 aliphatic carbocycles. The van der Waals surface area contributed by atoms with E-state index in [2.05, 4.69) is 9.97 Å². The number of aryl methyl sites for hydroxylation is 1. The van der Waals surface area contributed by atoms with Gasteiger partial charge in [0.05, 0.1) is 25.0 Å². The van der Waals surface area contributed by atoms with Crippen LogP contribution < -0.4 is 16.0 Å². The molecule has 0 aromatic carbocycles. The van der Waals surface area contributed by atoms with Crippen LogP contribution in [0.2, 0.25) is 0 Å². The SMILES string of the molecule is Cn1c(=O)c2c(ncn2CC(=O)N2CC(Oc3cc(C(F)(F)F)ccn3)C2)n(C)c1=O. The monoisotopic (exact) mass is 438 g/mol. The van der Waals surface area contributed by atoms with Crippen molar-refractivity contribution in [3.05, 3.63) is 51.1 Å². The van der Waals surface area contributed by atoms with E-state index >= 15 is 0 Å². The van der Waals surface area contributed by atoms with E-state index in [4.69, 9.17) is 4.74 Å². The number of hydrogen-bond acceptors (Lipinski definition) is 6. The minimum absolute atomic E-state index is 0.124. The second kappa shape index (κ2) is 7.25. The second-order valence-electron chi connectivity index (χ2n) is 7.17. The number of amides is 1. The highest BCUT2D eigenvalue weighted by Gasteiger charge is 2.34. The first-order valence-corrected chi connectivity index (χ1v) is 9.15. The van der Waals surface area contributed by atoms with Gasteiger partial charge in [0.1, 0.15) is 12.6 Å². The molecule has 31 heavy (non-hydrogen) atoms. The van der Waals surface area contributed by atoms with Crippen molar-refractivity contribution in [3.63, 3.8) is 0 Å². The summed E-state index contributed by atoms with van der Waals surface area (Å²) in [7, 11) is 2.81. The number of hydrogen-bond donors (Lipinski definition) is 0. The first-order chi connectivity index (χ1) is 14.6. The van der Waals surface area contributed by atoms with E-state index in [0.717, 1.165) is 22.9 Å². The van der Waals surface area contributed by atoms with E-state index in [1.165, 1.54) is 34.5 Å². The molecule has 4 rings (SSSR count). The van der Waals surface area contributed by atoms with Crippen LogP contribution in [0.3, 0.4) is 0 Å². The molecule has 1 saturated heterocycles. The van der Waals surface area contributed by atoms with Gasteiger partial charge >= 0.3 is 11.9 Å². The number of rotatable bonds is 4. The Morgan fingerprint density at radius 1 is 1.19 bits per heavy atom. The number of fused-ring (bicyclic) bond motifs is 1. The first-order valence-electron chi connectivity index (χ1n) is 9.15. The highest BCUT2D eigenvalue weighted by molar-refractivity contribution is 5.79. The summed E-state index contributed by atoms with van der Waals surface area (Å²) < 4.78 is 47.3. The molecular formula is C18H17F3N6O4. The average molecular weight is 438 g/mol. The Kier molecular flexibility index (Phi) is 4.82. The molecule has 1 amide bonds. The van der Waals surface area contributed by atoms with Gasteiger partial charge in [0, 0.05) is 26.4 Å². The summed E-state index contributed by atoms with van der Waals surface area (Å²) in [5.41, 5.74) is -1.67. The third kappa shape index (κ3) is 3.66. The highest BCUT2D eigenvalue weighted by atomic mass is 19.4. The molecule has 0 radical (unpaired) electrons. The Labute approximate surface area is 172 Å². The zero-order valence-electron chi connectivity index (χ0n) is 16.5. The number of halogens is 3. The molecule has 4 heterocycles. The van der Waals surface area contributed by atoms with Crippen molar-refractivity contribution >= 4 is 17.1 Å². The zero-order chi connectivity index (χ0) is 22.5. The molecule has 3 aromatic rings. The molecule has 0 unspecified atom stereocenters. The Hall–Kier alpha value is -3.64. The lowest BCUT2D eigenvalue weighted by Crippen LogP contribution is -2.57. The van der Waals surface area contributed by atoms with Gasteiger partial charge < -0.3 is 14.2 Å². The minimum atomic E-state index is -4.50. The number of ether oxygens (including phenoxy) is 1. The lowest BCUT2D eigenvalue weighted by Gasteiger charge is -2.38. The van der Waals surface area contributed by atoms with Gasteiger partial charge in [0.15, 0.2) is 11.2 Å². The molecule has 13 heteroatoms. The predicted molar refractivity (Wildman–Crippen MR) is 100 cm³/mol. The lowest BCUT2D eigenvalue weighted by molar-refractivity contribution is -0.140. The van der Waals surface area contributed by atoms with E-state index in [1.807, 2.05) is 0 Å². The van der Waals surface area contributed by atoms with Crippen LogP contribution in [0.1, 0.15) is 5.56 Å². The summed E-state index contributed by atoms with van der Waals surface area (Å²) in [6.07, 6.45) is -2.67. The van der Waals surface area contributed by atoms with E-state index < -0.39 is 29.1 Å². The zero-order valence-corrected chi connectivity index (χ0v) is 16.5. The van der Waals surface area contributed by atoms with Crippen molar-refractivity contribution in [1.82, 2.24) is 28.6 Å². The van der Waals surface area contributed by atoms with Crippen molar-refractivity contribution in [2.45, 2.75) is 18.8 Å². The predicted octanol–water partition coefficient (Wildman–Crippen LogP) is 0.137. The van der Waals surface area contributed by atoms with Gasteiger partial charge in [-0.1, -0.05) is 0 Å². The van der Waals surface area contributed by atoms with Crippen LogP contribution in [0, 0.1) is 0 Å². The highest BCUT2D eigenvalue weighted by Crippen LogP contribution is 2.31. The van der Waals surface area contributed by atoms with Gasteiger partial charge in [-0.05, 0) is 6.07 Å². The average Bonchev–Trinajstić information content (AvgIpc) is 3.10. The van der Waals surface area contributed by atoms with Crippen LogP contribution in [0.25, 0.3) is 11.2 Å². The normalized spacial score (nSPS) is 14.7. The topological polar surface area (TPSA) is 104 Å². The van der Waals surface area contributed by atoms with Crippen molar-refractivity contribution in [3.8, 4) is 5.88 Å². The maximum absolute atomic E-state index is 12.8. The Bertz CT molecular complexity index is 1290. The summed E-state index contributed by atoms with van der Waals surface area (Å²) in [4.78, 5) is 46.2. The molecule has 1 aliphatic rings. The quantitative estimate of drug-likeness (QED) is 0.574. The lowest BCUT2D eigenvalue weighted by atomic mass is 10.1. The Morgan fingerprint density at radius 2 is 1.90 bits per heavy atom. The van der Waals surface area contributed by atoms with Gasteiger partial charge in [-0.25, -0.2) is 14.8 Å². The Balaban J connectivity index is 1.42. The van der Waals surface area contributed by atoms with Crippen molar-refractivity contribution in [2.24, 2.45) is 14.1 Å². The van der Waals surface area contributed by atoms with Gasteiger partial charge in [-0.3, -0.25) is 18.7 Å². The third-order valence-electron chi connectivity index (χ3n) is 5.07. The second-order valence-corrected chi connectivity index (χ2v) is 7.17. The molecule has 164 valence electrons. The third-order valence-corrected chi connectivity index (χ3v) is 5.07. The standard InChI is InChI=1S/C18H17F3N6O4/c1-24-15-14(16(29)25(2)17(24)30)27(9-23-15)8-13(28)26-6-11(7-26)31-12-5-10(3-4-22-12)18(19,20)21/h3-5,9,11H,6-8H2,1-2H3. The largest absolute Gasteiger partial charge is 0.471 e. The Morgan fingerprint density at radius 3 is 2.58 bits per heavy atom. The number of alkyl halides is 3. The summed E-state index contributed by atoms with van der Waals surface area (Å²) in [5, 5.41) is 0. The van der Waals surface area contributed by atoms with Crippen molar-refractivity contribution in [2.75, 3.05) is 13.1 Å². The first kappa shape index (κ1) is 20.6. The molecule has 3 aromatic heterocycles. The molecule has 0 saturated carbocycles. The molecule has 0 spiro atoms. The van der Waals surface area contributed by atoms with E-state index in [-0.39, 0.29) is 42.6 Å². The fourth-order valence-electron chi connectivity index (χ4n) is 3.30. The fraction of sp³-hybridized carbons (Fsp3) is 0.389. The molecule has 1 fully saturated rings. The molecule has 0 N–H and O–H groups in total. The number of aromatic nitrogens is 5. The molecule has 10 nitrogen and oxygen atoms in total. The summed E-state index contributed by atoms with van der Waals surface area (Å²) in [5.74, 6) is -0.496. The smallest absolute Gasteiger partial charge is 0.416 e. The van der Waals surface area contributed by atoms with E-state index in [1.54, 1.807) is 0 Å². The molecule has 0 bridgehead atoms. The molecule has 0 atom stereocenters. The number of carbonyl (C=O) groups is 1. The number of carbonyl (C=O) groups excluding carboxylic acids is 1. The fourth-order valence-corrected chi connectivity index (χ4v) is 3.30. The van der Waals surface area contributed by atoms with E-state index in [9.17, 15) is 27.6 Å². The van der Waals surface area contributed by atoms with Crippen LogP contribution in [0.4, 0.5) is 13.2 Å². The van der Waals surface area contributed by atoms with Crippen molar-refractivity contribution in [1.29, 1.82) is 0 Å². The number of pyridine rings is 1. The van der Waals surface area contributed by atoms with Gasteiger partial charge in [-0.2, -0.15) is 13.2 Å². The number of nitrogens with zero attached hydrogens (tertiary/aromatic N) is 6. The van der Waals surface area contributed by atoms with Crippen LogP contribution in [-0.4, -0.2) is 53.7 Å². The van der Waals surface area contributed by atoms with Crippen molar-refractivity contribution < 1.29 is 22.7 Å². The van der Waals surface area contributed by atoms with E-state index in [0.29, 0.717) is 0 Å². The van der Waals surface area contributed by atoms with Gasteiger partial charge in [0.2, 0.25) is 11.8 Å². The summed E-state index contributed by atoms with van der Waals surface area (Å²) >= 11 is 0. The number of likely N-dealkylation sites (tertiary alicyclic amines) is 1. The van der Waals surface area contributed by atoms with Crippen LogP contribution in [0.15, 0.2) is 34.2 Å². The summed E-state index contributed by atoms with van der Waals surface area (Å²) in [6, 6.07) is 1.65. The maximum atomic E-state index is 12.8. The maximum Gasteiger partial charge on any atom is 0.416 e. The van der Waals surface area contributed by atoms with Crippen LogP contribution >= 0.6 is 0 Å². The minimum Gasteiger partial charge on any atom is -0.471 e. The van der Waals surface area contributed by atoms with Crippen LogP contribution in [-0.2, 0) is 31.6 Å². The summed E-state index contributed by atoms with van der Waals surface area (Å²) in [6.45, 7) is 0.151. The van der Waals surface area contributed by atoms with Crippen LogP contribution in [0.5, 0.6) is 5.88 Å². The molecule has 1 aliphatic heterocycles.